The number of aromatic nitrogens is 1. The quantitative estimate of drug-likeness (QED) is 0.822. The minimum atomic E-state index is -0.120. The molecule has 1 heterocycles. The number of fused-ring (bicyclic) bond motifs is 1. The highest BCUT2D eigenvalue weighted by molar-refractivity contribution is 6.06. The van der Waals surface area contributed by atoms with Crippen LogP contribution in [0.4, 0.5) is 0 Å². The van der Waals surface area contributed by atoms with Gasteiger partial charge in [0.2, 0.25) is 5.91 Å². The van der Waals surface area contributed by atoms with Crippen LogP contribution >= 0.6 is 0 Å². The fourth-order valence-corrected chi connectivity index (χ4v) is 2.18. The maximum atomic E-state index is 12.2. The molecule has 2 N–H and O–H groups in total. The first-order valence-corrected chi connectivity index (χ1v) is 7.10. The average molecular weight is 287 g/mol. The van der Waals surface area contributed by atoms with Crippen molar-refractivity contribution in [2.75, 3.05) is 13.1 Å². The van der Waals surface area contributed by atoms with Crippen LogP contribution in [0.1, 0.15) is 24.2 Å². The number of rotatable bonds is 5. The Balaban J connectivity index is 1.95. The van der Waals surface area contributed by atoms with E-state index in [4.69, 9.17) is 0 Å². The van der Waals surface area contributed by atoms with Crippen molar-refractivity contribution in [2.24, 2.45) is 13.0 Å². The normalized spacial score (nSPS) is 10.9. The number of carbonyl (C=O) groups is 2. The minimum absolute atomic E-state index is 0.00518. The molecule has 0 bridgehead atoms. The molecule has 0 fully saturated rings. The first-order chi connectivity index (χ1) is 10.0. The van der Waals surface area contributed by atoms with Gasteiger partial charge in [0.25, 0.3) is 5.91 Å². The van der Waals surface area contributed by atoms with Crippen molar-refractivity contribution in [1.29, 1.82) is 0 Å². The highest BCUT2D eigenvalue weighted by Crippen LogP contribution is 2.19. The summed E-state index contributed by atoms with van der Waals surface area (Å²) >= 11 is 0. The summed E-state index contributed by atoms with van der Waals surface area (Å²) in [6.45, 7) is 4.53. The van der Waals surface area contributed by atoms with Crippen molar-refractivity contribution >= 4 is 22.7 Å². The molecule has 0 atom stereocenters. The van der Waals surface area contributed by atoms with Crippen molar-refractivity contribution < 1.29 is 9.59 Å². The number of hydrogen-bond donors (Lipinski definition) is 2. The lowest BCUT2D eigenvalue weighted by atomic mass is 10.1. The third kappa shape index (κ3) is 3.42. The molecule has 0 aliphatic heterocycles. The van der Waals surface area contributed by atoms with Gasteiger partial charge in [0.05, 0.1) is 5.56 Å². The predicted octanol–water partition coefficient (Wildman–Crippen LogP) is 1.68. The Morgan fingerprint density at radius 2 is 1.81 bits per heavy atom. The largest absolute Gasteiger partial charge is 0.354 e. The van der Waals surface area contributed by atoms with Crippen LogP contribution in [0, 0.1) is 5.92 Å². The fraction of sp³-hybridized carbons (Fsp3) is 0.375. The van der Waals surface area contributed by atoms with Crippen LogP contribution in [0.25, 0.3) is 10.9 Å². The summed E-state index contributed by atoms with van der Waals surface area (Å²) in [5, 5.41) is 6.54. The van der Waals surface area contributed by atoms with E-state index in [0.29, 0.717) is 18.7 Å². The molecule has 5 nitrogen and oxygen atoms in total. The van der Waals surface area contributed by atoms with Crippen molar-refractivity contribution in [2.45, 2.75) is 13.8 Å². The zero-order chi connectivity index (χ0) is 15.4. The van der Waals surface area contributed by atoms with Gasteiger partial charge in [-0.15, -0.1) is 0 Å². The second-order valence-corrected chi connectivity index (χ2v) is 5.37. The van der Waals surface area contributed by atoms with Gasteiger partial charge >= 0.3 is 0 Å². The molecule has 0 aliphatic rings. The summed E-state index contributed by atoms with van der Waals surface area (Å²) in [5.41, 5.74) is 1.68. The molecule has 1 aromatic carbocycles. The summed E-state index contributed by atoms with van der Waals surface area (Å²) in [6, 6.07) is 7.78. The Labute approximate surface area is 124 Å². The number of aryl methyl sites for hydroxylation is 1. The number of nitrogens with one attached hydrogen (secondary N) is 2. The monoisotopic (exact) mass is 287 g/mol. The van der Waals surface area contributed by atoms with Crippen molar-refractivity contribution in [3.8, 4) is 0 Å². The molecule has 0 saturated carbocycles. The van der Waals surface area contributed by atoms with Crippen LogP contribution in [-0.4, -0.2) is 29.5 Å². The molecule has 0 unspecified atom stereocenters. The lowest BCUT2D eigenvalue weighted by Crippen LogP contribution is -2.36. The SMILES string of the molecule is CC(C)C(=O)NCCNC(=O)c1cn(C)c2ccccc12. The Bertz CT molecular complexity index is 659. The van der Waals surface area contributed by atoms with Crippen molar-refractivity contribution in [1.82, 2.24) is 15.2 Å². The Kier molecular flexibility index (Phi) is 4.62. The number of carbonyl (C=O) groups excluding carboxylic acids is 2. The van der Waals surface area contributed by atoms with Gasteiger partial charge in [-0.1, -0.05) is 32.0 Å². The summed E-state index contributed by atoms with van der Waals surface area (Å²) in [5.74, 6) is -0.168. The van der Waals surface area contributed by atoms with Crippen LogP contribution in [0.2, 0.25) is 0 Å². The number of hydrogen-bond acceptors (Lipinski definition) is 2. The lowest BCUT2D eigenvalue weighted by molar-refractivity contribution is -0.123. The maximum absolute atomic E-state index is 12.2. The minimum Gasteiger partial charge on any atom is -0.354 e. The zero-order valence-corrected chi connectivity index (χ0v) is 12.6. The fourth-order valence-electron chi connectivity index (χ4n) is 2.18. The average Bonchev–Trinajstić information content (AvgIpc) is 2.81. The molecule has 0 aliphatic carbocycles. The first-order valence-electron chi connectivity index (χ1n) is 7.10. The number of nitrogens with zero attached hydrogens (tertiary/aromatic N) is 1. The standard InChI is InChI=1S/C16H21N3O2/c1-11(2)15(20)17-8-9-18-16(21)13-10-19(3)14-7-5-4-6-12(13)14/h4-7,10-11H,8-9H2,1-3H3,(H,17,20)(H,18,21). The maximum Gasteiger partial charge on any atom is 0.253 e. The Hall–Kier alpha value is -2.30. The van der Waals surface area contributed by atoms with Crippen LogP contribution < -0.4 is 10.6 Å². The molecule has 1 aromatic heterocycles. The topological polar surface area (TPSA) is 63.1 Å². The Morgan fingerprint density at radius 3 is 2.52 bits per heavy atom. The summed E-state index contributed by atoms with van der Waals surface area (Å²) in [4.78, 5) is 23.6. The molecule has 2 amide bonds. The van der Waals surface area contributed by atoms with E-state index >= 15 is 0 Å². The van der Waals surface area contributed by atoms with Crippen LogP contribution in [-0.2, 0) is 11.8 Å². The van der Waals surface area contributed by atoms with Crippen LogP contribution in [0.5, 0.6) is 0 Å². The number of amides is 2. The van der Waals surface area contributed by atoms with Crippen LogP contribution in [0.15, 0.2) is 30.5 Å². The number of para-hydroxylation sites is 1. The molecule has 2 rings (SSSR count). The van der Waals surface area contributed by atoms with Gasteiger partial charge in [0.15, 0.2) is 0 Å². The summed E-state index contributed by atoms with van der Waals surface area (Å²) in [6.07, 6.45) is 1.83. The van der Waals surface area contributed by atoms with Gasteiger partial charge < -0.3 is 15.2 Å². The zero-order valence-electron chi connectivity index (χ0n) is 12.6. The molecule has 5 heteroatoms. The van der Waals surface area contributed by atoms with Crippen molar-refractivity contribution in [3.63, 3.8) is 0 Å². The van der Waals surface area contributed by atoms with Crippen LogP contribution in [0.3, 0.4) is 0 Å². The first kappa shape index (κ1) is 15.1. The smallest absolute Gasteiger partial charge is 0.253 e. The van der Waals surface area contributed by atoms with E-state index < -0.39 is 0 Å². The highest BCUT2D eigenvalue weighted by Gasteiger charge is 2.13. The van der Waals surface area contributed by atoms with Gasteiger partial charge in [0.1, 0.15) is 0 Å². The Morgan fingerprint density at radius 1 is 1.14 bits per heavy atom. The second-order valence-electron chi connectivity index (χ2n) is 5.37. The van der Waals surface area contributed by atoms with E-state index in [0.717, 1.165) is 10.9 Å². The molecule has 0 saturated heterocycles. The molecular weight excluding hydrogens is 266 g/mol. The van der Waals surface area contributed by atoms with E-state index in [1.807, 2.05) is 55.9 Å². The van der Waals surface area contributed by atoms with Gasteiger partial charge in [-0.05, 0) is 6.07 Å². The van der Waals surface area contributed by atoms with Gasteiger partial charge in [-0.3, -0.25) is 9.59 Å². The third-order valence-electron chi connectivity index (χ3n) is 3.38. The van der Waals surface area contributed by atoms with E-state index in [1.165, 1.54) is 0 Å². The van der Waals surface area contributed by atoms with Gasteiger partial charge in [-0.2, -0.15) is 0 Å². The molecule has 112 valence electrons. The van der Waals surface area contributed by atoms with Gasteiger partial charge in [-0.25, -0.2) is 0 Å². The molecule has 0 spiro atoms. The summed E-state index contributed by atoms with van der Waals surface area (Å²) in [7, 11) is 1.92. The third-order valence-corrected chi connectivity index (χ3v) is 3.38. The van der Waals surface area contributed by atoms with E-state index in [1.54, 1.807) is 0 Å². The van der Waals surface area contributed by atoms with Gasteiger partial charge in [0, 0.05) is 43.2 Å². The predicted molar refractivity (Wildman–Crippen MR) is 83.1 cm³/mol. The summed E-state index contributed by atoms with van der Waals surface area (Å²) < 4.78 is 1.94. The van der Waals surface area contributed by atoms with E-state index in [2.05, 4.69) is 10.6 Å². The van der Waals surface area contributed by atoms with E-state index in [9.17, 15) is 9.59 Å². The molecule has 21 heavy (non-hydrogen) atoms. The van der Waals surface area contributed by atoms with E-state index in [-0.39, 0.29) is 17.7 Å². The molecule has 2 aromatic rings. The van der Waals surface area contributed by atoms with Crippen molar-refractivity contribution in [3.05, 3.63) is 36.0 Å². The molecule has 0 radical (unpaired) electrons. The highest BCUT2D eigenvalue weighted by atomic mass is 16.2. The second kappa shape index (κ2) is 6.43. The molecular formula is C16H21N3O2. The lowest BCUT2D eigenvalue weighted by Gasteiger charge is -2.08. The number of benzene rings is 1.